The first-order chi connectivity index (χ1) is 8.16. The van der Waals surface area contributed by atoms with Crippen LogP contribution in [0.25, 0.3) is 0 Å². The van der Waals surface area contributed by atoms with Gasteiger partial charge in [0.05, 0.1) is 16.1 Å². The summed E-state index contributed by atoms with van der Waals surface area (Å²) in [5, 5.41) is 2.05. The molecular formula is C11H11F3N2OS. The Labute approximate surface area is 107 Å². The lowest BCUT2D eigenvalue weighted by molar-refractivity contribution is -0.121. The van der Waals surface area contributed by atoms with Gasteiger partial charge in [-0.3, -0.25) is 4.79 Å². The number of amides is 1. The summed E-state index contributed by atoms with van der Waals surface area (Å²) in [6.45, 7) is 2.83. The molecule has 0 unspecified atom stereocenters. The van der Waals surface area contributed by atoms with Gasteiger partial charge in [0.1, 0.15) is 5.82 Å². The molecule has 0 radical (unpaired) electrons. The number of thiocarbonyl (C=S) groups is 1. The van der Waals surface area contributed by atoms with E-state index >= 15 is 0 Å². The Bertz CT molecular complexity index is 517. The molecule has 0 bridgehead atoms. The van der Waals surface area contributed by atoms with Crippen LogP contribution in [0.15, 0.2) is 12.1 Å². The minimum absolute atomic E-state index is 0.114. The van der Waals surface area contributed by atoms with E-state index in [1.54, 1.807) is 0 Å². The predicted molar refractivity (Wildman–Crippen MR) is 65.5 cm³/mol. The van der Waals surface area contributed by atoms with E-state index in [9.17, 15) is 18.0 Å². The Morgan fingerprint density at radius 2 is 1.89 bits per heavy atom. The number of anilines is 1. The van der Waals surface area contributed by atoms with E-state index in [1.807, 2.05) is 0 Å². The zero-order valence-corrected chi connectivity index (χ0v) is 10.5. The number of hydrogen-bond donors (Lipinski definition) is 2. The fourth-order valence-electron chi connectivity index (χ4n) is 1.04. The Kier molecular flexibility index (Phi) is 3.95. The quantitative estimate of drug-likeness (QED) is 0.658. The maximum atomic E-state index is 13.3. The fourth-order valence-corrected chi connectivity index (χ4v) is 1.13. The molecule has 0 aromatic heterocycles. The Morgan fingerprint density at radius 3 is 2.39 bits per heavy atom. The first-order valence-electron chi connectivity index (χ1n) is 4.92. The summed E-state index contributed by atoms with van der Waals surface area (Å²) < 4.78 is 39.1. The number of nitrogens with one attached hydrogen (secondary N) is 1. The number of hydrogen-bond acceptors (Lipinski definition) is 2. The lowest BCUT2D eigenvalue weighted by Crippen LogP contribution is -2.41. The van der Waals surface area contributed by atoms with Gasteiger partial charge in [0, 0.05) is 12.1 Å². The Balaban J connectivity index is 3.06. The normalized spacial score (nSPS) is 11.2. The first kappa shape index (κ1) is 14.4. The summed E-state index contributed by atoms with van der Waals surface area (Å²) in [5.41, 5.74) is 3.50. The fraction of sp³-hybridized carbons (Fsp3) is 0.273. The molecule has 0 aliphatic rings. The van der Waals surface area contributed by atoms with Crippen molar-refractivity contribution in [2.24, 2.45) is 11.1 Å². The summed E-state index contributed by atoms with van der Waals surface area (Å²) in [5.74, 6) is -4.49. The molecule has 7 heteroatoms. The number of halogens is 3. The van der Waals surface area contributed by atoms with Crippen molar-refractivity contribution in [2.45, 2.75) is 13.8 Å². The van der Waals surface area contributed by atoms with Crippen molar-refractivity contribution in [3.63, 3.8) is 0 Å². The van der Waals surface area contributed by atoms with Crippen molar-refractivity contribution in [1.82, 2.24) is 0 Å². The molecule has 3 N–H and O–H groups in total. The Morgan fingerprint density at radius 1 is 1.33 bits per heavy atom. The third kappa shape index (κ3) is 2.79. The van der Waals surface area contributed by atoms with Crippen LogP contribution in [0.1, 0.15) is 13.8 Å². The minimum atomic E-state index is -1.39. The van der Waals surface area contributed by atoms with Crippen molar-refractivity contribution in [3.8, 4) is 0 Å². The molecule has 0 aliphatic heterocycles. The molecule has 0 atom stereocenters. The monoisotopic (exact) mass is 276 g/mol. The van der Waals surface area contributed by atoms with Gasteiger partial charge in [0.25, 0.3) is 0 Å². The van der Waals surface area contributed by atoms with Crippen molar-refractivity contribution in [2.75, 3.05) is 5.32 Å². The van der Waals surface area contributed by atoms with Crippen LogP contribution in [0, 0.1) is 22.9 Å². The highest BCUT2D eigenvalue weighted by molar-refractivity contribution is 7.80. The first-order valence-corrected chi connectivity index (χ1v) is 5.33. The molecule has 0 heterocycles. The minimum Gasteiger partial charge on any atom is -0.392 e. The van der Waals surface area contributed by atoms with Gasteiger partial charge in [-0.1, -0.05) is 12.2 Å². The van der Waals surface area contributed by atoms with E-state index < -0.39 is 34.5 Å². The van der Waals surface area contributed by atoms with E-state index in [4.69, 9.17) is 5.73 Å². The topological polar surface area (TPSA) is 55.1 Å². The molecule has 1 amide bonds. The van der Waals surface area contributed by atoms with Crippen LogP contribution in [0.5, 0.6) is 0 Å². The van der Waals surface area contributed by atoms with Gasteiger partial charge < -0.3 is 11.1 Å². The van der Waals surface area contributed by atoms with Crippen molar-refractivity contribution in [1.29, 1.82) is 0 Å². The van der Waals surface area contributed by atoms with E-state index in [2.05, 4.69) is 17.5 Å². The van der Waals surface area contributed by atoms with Gasteiger partial charge in [-0.05, 0) is 13.8 Å². The molecule has 0 saturated carbocycles. The molecule has 0 aliphatic carbocycles. The third-order valence-electron chi connectivity index (χ3n) is 2.42. The smallest absolute Gasteiger partial charge is 0.236 e. The maximum absolute atomic E-state index is 13.3. The van der Waals surface area contributed by atoms with Crippen LogP contribution in [-0.4, -0.2) is 10.9 Å². The largest absolute Gasteiger partial charge is 0.392 e. The predicted octanol–water partition coefficient (Wildman–Crippen LogP) is 2.35. The lowest BCUT2D eigenvalue weighted by atomic mass is 9.92. The number of carbonyl (C=O) groups is 1. The van der Waals surface area contributed by atoms with Crippen molar-refractivity contribution in [3.05, 3.63) is 29.6 Å². The number of benzene rings is 1. The molecule has 1 aromatic rings. The van der Waals surface area contributed by atoms with E-state index in [0.29, 0.717) is 12.1 Å². The molecule has 0 fully saturated rings. The van der Waals surface area contributed by atoms with Crippen LogP contribution < -0.4 is 11.1 Å². The molecular weight excluding hydrogens is 265 g/mol. The average molecular weight is 276 g/mol. The van der Waals surface area contributed by atoms with Crippen LogP contribution >= 0.6 is 12.2 Å². The third-order valence-corrected chi connectivity index (χ3v) is 2.94. The molecule has 18 heavy (non-hydrogen) atoms. The summed E-state index contributed by atoms with van der Waals surface area (Å²) in [4.78, 5) is 11.6. The number of nitrogens with two attached hydrogens (primary N) is 1. The summed E-state index contributed by atoms with van der Waals surface area (Å²) in [6.07, 6.45) is 0. The summed E-state index contributed by atoms with van der Waals surface area (Å²) >= 11 is 4.68. The molecule has 1 rings (SSSR count). The van der Waals surface area contributed by atoms with Gasteiger partial charge in [-0.15, -0.1) is 0 Å². The maximum Gasteiger partial charge on any atom is 0.236 e. The summed E-state index contributed by atoms with van der Waals surface area (Å²) in [7, 11) is 0. The standard InChI is InChI=1S/C11H11F3N2OS/c1-11(2,9(15)18)10(17)16-7-4-5(12)3-6(13)8(7)14/h3-4H,1-2H3,(H2,15,18)(H,16,17). The highest BCUT2D eigenvalue weighted by Gasteiger charge is 2.31. The zero-order chi connectivity index (χ0) is 14.1. The summed E-state index contributed by atoms with van der Waals surface area (Å²) in [6, 6.07) is 1.05. The van der Waals surface area contributed by atoms with Gasteiger partial charge >= 0.3 is 0 Å². The van der Waals surface area contributed by atoms with Crippen LogP contribution in [0.2, 0.25) is 0 Å². The van der Waals surface area contributed by atoms with E-state index in [-0.39, 0.29) is 4.99 Å². The molecule has 0 saturated heterocycles. The van der Waals surface area contributed by atoms with Crippen LogP contribution in [-0.2, 0) is 4.79 Å². The van der Waals surface area contributed by atoms with Crippen LogP contribution in [0.3, 0.4) is 0 Å². The van der Waals surface area contributed by atoms with E-state index in [0.717, 1.165) is 0 Å². The van der Waals surface area contributed by atoms with Gasteiger partial charge in [-0.25, -0.2) is 13.2 Å². The lowest BCUT2D eigenvalue weighted by Gasteiger charge is -2.22. The second-order valence-electron chi connectivity index (χ2n) is 4.19. The second-order valence-corrected chi connectivity index (χ2v) is 4.63. The Hall–Kier alpha value is -1.63. The average Bonchev–Trinajstić information content (AvgIpc) is 2.24. The SMILES string of the molecule is CC(C)(C(=O)Nc1cc(F)cc(F)c1F)C(N)=S. The number of carbonyl (C=O) groups excluding carboxylic acids is 1. The van der Waals surface area contributed by atoms with Gasteiger partial charge in [-0.2, -0.15) is 0 Å². The van der Waals surface area contributed by atoms with Crippen LogP contribution in [0.4, 0.5) is 18.9 Å². The molecule has 3 nitrogen and oxygen atoms in total. The highest BCUT2D eigenvalue weighted by Crippen LogP contribution is 2.23. The van der Waals surface area contributed by atoms with Crippen molar-refractivity contribution < 1.29 is 18.0 Å². The molecule has 1 aromatic carbocycles. The van der Waals surface area contributed by atoms with Crippen molar-refractivity contribution >= 4 is 28.8 Å². The van der Waals surface area contributed by atoms with E-state index in [1.165, 1.54) is 13.8 Å². The second kappa shape index (κ2) is 4.93. The molecule has 98 valence electrons. The van der Waals surface area contributed by atoms with Gasteiger partial charge in [0.15, 0.2) is 11.6 Å². The highest BCUT2D eigenvalue weighted by atomic mass is 32.1. The van der Waals surface area contributed by atoms with Gasteiger partial charge in [0.2, 0.25) is 5.91 Å². The molecule has 0 spiro atoms. The number of rotatable bonds is 3. The zero-order valence-electron chi connectivity index (χ0n) is 9.68.